The van der Waals surface area contributed by atoms with Gasteiger partial charge in [-0.3, -0.25) is 0 Å². The Morgan fingerprint density at radius 3 is 1.94 bits per heavy atom. The van der Waals surface area contributed by atoms with Crippen LogP contribution in [0.4, 0.5) is 0 Å². The van der Waals surface area contributed by atoms with Crippen LogP contribution in [0.25, 0.3) is 54.6 Å². The van der Waals surface area contributed by atoms with Crippen molar-refractivity contribution in [3.8, 4) is 11.1 Å². The van der Waals surface area contributed by atoms with Crippen LogP contribution in [-0.2, 0) is 9.31 Å². The smallest absolute Gasteiger partial charge is 0.455 e. The summed E-state index contributed by atoms with van der Waals surface area (Å²) in [6.45, 7) is 8.41. The van der Waals surface area contributed by atoms with E-state index in [1.807, 2.05) is 12.1 Å². The predicted molar refractivity (Wildman–Crippen MR) is 150 cm³/mol. The van der Waals surface area contributed by atoms with Crippen LogP contribution in [0, 0.1) is 0 Å². The van der Waals surface area contributed by atoms with Gasteiger partial charge in [-0.2, -0.15) is 0 Å². The van der Waals surface area contributed by atoms with Crippen molar-refractivity contribution in [3.63, 3.8) is 0 Å². The lowest BCUT2D eigenvalue weighted by atomic mass is 9.74. The van der Waals surface area contributed by atoms with Crippen LogP contribution in [0.5, 0.6) is 0 Å². The molecule has 1 saturated heterocycles. The van der Waals surface area contributed by atoms with E-state index < -0.39 is 18.3 Å². The van der Waals surface area contributed by atoms with E-state index in [2.05, 4.69) is 107 Å². The highest BCUT2D eigenvalue weighted by molar-refractivity contribution is 6.65. The molecule has 36 heavy (non-hydrogen) atoms. The molecule has 0 unspecified atom stereocenters. The van der Waals surface area contributed by atoms with Gasteiger partial charge in [0.05, 0.1) is 11.2 Å². The third-order valence-electron chi connectivity index (χ3n) is 8.10. The van der Waals surface area contributed by atoms with Crippen molar-refractivity contribution in [2.75, 3.05) is 0 Å². The minimum atomic E-state index is -0.440. The zero-order valence-corrected chi connectivity index (χ0v) is 21.0. The monoisotopic (exact) mass is 470 g/mol. The Labute approximate surface area is 210 Å². The summed E-state index contributed by atoms with van der Waals surface area (Å²) in [5.74, 6) is 0. The van der Waals surface area contributed by atoms with Crippen molar-refractivity contribution in [2.45, 2.75) is 38.9 Å². The molecule has 1 aromatic heterocycles. The summed E-state index contributed by atoms with van der Waals surface area (Å²) in [6.07, 6.45) is 0. The van der Waals surface area contributed by atoms with Gasteiger partial charge in [-0.05, 0) is 78.6 Å². The van der Waals surface area contributed by atoms with E-state index in [0.717, 1.165) is 43.7 Å². The minimum absolute atomic E-state index is 0.407. The molecule has 0 saturated carbocycles. The second-order valence-corrected chi connectivity index (χ2v) is 10.8. The quantitative estimate of drug-likeness (QED) is 0.242. The molecule has 1 aliphatic heterocycles. The van der Waals surface area contributed by atoms with Crippen LogP contribution in [0.2, 0.25) is 0 Å². The van der Waals surface area contributed by atoms with Gasteiger partial charge >= 0.3 is 7.12 Å². The highest BCUT2D eigenvalue weighted by Crippen LogP contribution is 2.41. The zero-order valence-electron chi connectivity index (χ0n) is 21.0. The number of furan rings is 1. The molecule has 0 atom stereocenters. The Morgan fingerprint density at radius 2 is 1.19 bits per heavy atom. The maximum absolute atomic E-state index is 6.51. The summed E-state index contributed by atoms with van der Waals surface area (Å²) in [5, 5.41) is 6.86. The second-order valence-electron chi connectivity index (χ2n) is 10.8. The Bertz CT molecular complexity index is 1800. The first-order valence-corrected chi connectivity index (χ1v) is 12.5. The van der Waals surface area contributed by atoms with E-state index in [-0.39, 0.29) is 0 Å². The fourth-order valence-corrected chi connectivity index (χ4v) is 5.45. The molecule has 6 aromatic rings. The fraction of sp³-hybridized carbons (Fsp3) is 0.188. The highest BCUT2D eigenvalue weighted by Gasteiger charge is 2.52. The van der Waals surface area contributed by atoms with E-state index >= 15 is 0 Å². The SMILES string of the molecule is CC1(C)OB(c2cc(-c3cc4c5ccccc5oc4c4ccccc34)cc3ccccc23)OC1(C)C. The second kappa shape index (κ2) is 7.46. The molecular weight excluding hydrogens is 443 g/mol. The molecule has 176 valence electrons. The Morgan fingerprint density at radius 1 is 0.583 bits per heavy atom. The van der Waals surface area contributed by atoms with Crippen LogP contribution in [0.3, 0.4) is 0 Å². The van der Waals surface area contributed by atoms with E-state index in [1.54, 1.807) is 0 Å². The fourth-order valence-electron chi connectivity index (χ4n) is 5.45. The van der Waals surface area contributed by atoms with Crippen LogP contribution in [-0.4, -0.2) is 18.3 Å². The predicted octanol–water partition coefficient (Wildman–Crippen LogP) is 7.86. The van der Waals surface area contributed by atoms with Gasteiger partial charge in [-0.1, -0.05) is 72.8 Å². The maximum Gasteiger partial charge on any atom is 0.495 e. The first kappa shape index (κ1) is 21.7. The highest BCUT2D eigenvalue weighted by atomic mass is 16.7. The minimum Gasteiger partial charge on any atom is -0.455 e. The first-order valence-electron chi connectivity index (χ1n) is 12.5. The molecule has 5 aromatic carbocycles. The van der Waals surface area contributed by atoms with Crippen LogP contribution in [0.1, 0.15) is 27.7 Å². The van der Waals surface area contributed by atoms with E-state index in [1.165, 1.54) is 16.3 Å². The molecular formula is C32H27BO3. The van der Waals surface area contributed by atoms with E-state index in [0.29, 0.717) is 0 Å². The van der Waals surface area contributed by atoms with Gasteiger partial charge in [0.15, 0.2) is 0 Å². The molecule has 3 nitrogen and oxygen atoms in total. The summed E-state index contributed by atoms with van der Waals surface area (Å²) in [5.41, 5.74) is 4.40. The van der Waals surface area contributed by atoms with Crippen molar-refractivity contribution in [1.82, 2.24) is 0 Å². The summed E-state index contributed by atoms with van der Waals surface area (Å²) < 4.78 is 19.4. The molecule has 0 aliphatic carbocycles. The van der Waals surface area contributed by atoms with E-state index in [9.17, 15) is 0 Å². The molecule has 2 heterocycles. The molecule has 0 amide bonds. The molecule has 1 aliphatic rings. The Balaban J connectivity index is 1.53. The number of para-hydroxylation sites is 1. The molecule has 7 rings (SSSR count). The van der Waals surface area contributed by atoms with Crippen LogP contribution < -0.4 is 5.46 Å². The van der Waals surface area contributed by atoms with E-state index in [4.69, 9.17) is 13.7 Å². The lowest BCUT2D eigenvalue weighted by Gasteiger charge is -2.32. The molecule has 4 heteroatoms. The summed E-state index contributed by atoms with van der Waals surface area (Å²) in [6, 6.07) is 32.1. The lowest BCUT2D eigenvalue weighted by Crippen LogP contribution is -2.41. The normalized spacial score (nSPS) is 17.1. The van der Waals surface area contributed by atoms with Gasteiger partial charge in [0.1, 0.15) is 11.2 Å². The topological polar surface area (TPSA) is 31.6 Å². The standard InChI is InChI=1S/C32H27BO3/c1-31(2)32(3,4)36-33(35-31)28-18-21(17-20-11-5-6-12-22(20)28)26-19-27-24-14-9-10-16-29(24)34-30(27)25-15-8-7-13-23(25)26/h5-19H,1-4H3. The van der Waals surface area contributed by atoms with Crippen LogP contribution >= 0.6 is 0 Å². The summed E-state index contributed by atoms with van der Waals surface area (Å²) in [7, 11) is -0.440. The number of rotatable bonds is 2. The zero-order chi connectivity index (χ0) is 24.7. The maximum atomic E-state index is 6.51. The average molecular weight is 470 g/mol. The Kier molecular flexibility index (Phi) is 4.49. The lowest BCUT2D eigenvalue weighted by molar-refractivity contribution is 0.00578. The van der Waals surface area contributed by atoms with Crippen molar-refractivity contribution in [3.05, 3.63) is 91.0 Å². The molecule has 0 bridgehead atoms. The Hall–Kier alpha value is -3.60. The van der Waals surface area contributed by atoms with Crippen molar-refractivity contribution in [1.29, 1.82) is 0 Å². The third-order valence-corrected chi connectivity index (χ3v) is 8.10. The molecule has 1 fully saturated rings. The van der Waals surface area contributed by atoms with Gasteiger partial charge in [-0.15, -0.1) is 0 Å². The van der Waals surface area contributed by atoms with Crippen molar-refractivity contribution in [2.24, 2.45) is 0 Å². The van der Waals surface area contributed by atoms with Gasteiger partial charge in [0.25, 0.3) is 0 Å². The summed E-state index contributed by atoms with van der Waals surface area (Å²) >= 11 is 0. The van der Waals surface area contributed by atoms with Gasteiger partial charge in [-0.25, -0.2) is 0 Å². The van der Waals surface area contributed by atoms with Gasteiger partial charge in [0, 0.05) is 16.2 Å². The molecule has 0 radical (unpaired) electrons. The average Bonchev–Trinajstić information content (AvgIpc) is 3.36. The number of fused-ring (bicyclic) bond motifs is 6. The summed E-state index contributed by atoms with van der Waals surface area (Å²) in [4.78, 5) is 0. The number of hydrogen-bond acceptors (Lipinski definition) is 3. The number of hydrogen-bond donors (Lipinski definition) is 0. The molecule has 0 N–H and O–H groups in total. The largest absolute Gasteiger partial charge is 0.495 e. The van der Waals surface area contributed by atoms with Crippen molar-refractivity contribution >= 4 is 56.1 Å². The van der Waals surface area contributed by atoms with Gasteiger partial charge in [0.2, 0.25) is 0 Å². The molecule has 0 spiro atoms. The van der Waals surface area contributed by atoms with Crippen LogP contribution in [0.15, 0.2) is 95.4 Å². The number of benzene rings is 5. The van der Waals surface area contributed by atoms with Gasteiger partial charge < -0.3 is 13.7 Å². The third kappa shape index (κ3) is 3.08. The first-order chi connectivity index (χ1) is 17.3. The van der Waals surface area contributed by atoms with Crippen molar-refractivity contribution < 1.29 is 13.7 Å².